The van der Waals surface area contributed by atoms with Crippen molar-refractivity contribution in [2.24, 2.45) is 22.7 Å². The zero-order valence-electron chi connectivity index (χ0n) is 12.0. The van der Waals surface area contributed by atoms with Crippen molar-refractivity contribution in [2.75, 3.05) is 0 Å². The zero-order valence-corrected chi connectivity index (χ0v) is 12.0. The number of rotatable bonds is 2. The summed E-state index contributed by atoms with van der Waals surface area (Å²) in [5.74, 6) is 1.07. The van der Waals surface area contributed by atoms with Gasteiger partial charge < -0.3 is 5.11 Å². The maximum atomic E-state index is 10.4. The van der Waals surface area contributed by atoms with Crippen LogP contribution in [0.5, 0.6) is 0 Å². The first-order valence-corrected chi connectivity index (χ1v) is 6.76. The van der Waals surface area contributed by atoms with E-state index >= 15 is 0 Å². The minimum atomic E-state index is -0.0570. The second-order valence-electron chi connectivity index (χ2n) is 8.12. The van der Waals surface area contributed by atoms with Crippen LogP contribution >= 0.6 is 0 Å². The van der Waals surface area contributed by atoms with Crippen LogP contribution in [0.25, 0.3) is 0 Å². The van der Waals surface area contributed by atoms with E-state index in [1.807, 2.05) is 0 Å². The molecule has 0 aromatic carbocycles. The standard InChI is InChI=1S/C15H30O/c1-14(2,3)9-11-7-8-12(13(11)16)10-15(4,5)6/h11-13,16H,7-10H2,1-6H3. The molecule has 96 valence electrons. The molecule has 0 radical (unpaired) electrons. The molecule has 0 aromatic heterocycles. The second-order valence-corrected chi connectivity index (χ2v) is 8.12. The Morgan fingerprint density at radius 2 is 1.12 bits per heavy atom. The Balaban J connectivity index is 2.51. The summed E-state index contributed by atoms with van der Waals surface area (Å²) in [4.78, 5) is 0. The average molecular weight is 226 g/mol. The van der Waals surface area contributed by atoms with Gasteiger partial charge in [-0.2, -0.15) is 0 Å². The van der Waals surface area contributed by atoms with Gasteiger partial charge in [0.15, 0.2) is 0 Å². The Morgan fingerprint density at radius 1 is 0.812 bits per heavy atom. The molecule has 2 unspecified atom stereocenters. The molecule has 1 heteroatoms. The van der Waals surface area contributed by atoms with E-state index in [-0.39, 0.29) is 6.10 Å². The SMILES string of the molecule is CC(C)(C)CC1CCC(CC(C)(C)C)C1O. The van der Waals surface area contributed by atoms with Gasteiger partial charge in [-0.15, -0.1) is 0 Å². The summed E-state index contributed by atoms with van der Waals surface area (Å²) >= 11 is 0. The van der Waals surface area contributed by atoms with Gasteiger partial charge in [-0.25, -0.2) is 0 Å². The number of hydrogen-bond acceptors (Lipinski definition) is 1. The van der Waals surface area contributed by atoms with Gasteiger partial charge >= 0.3 is 0 Å². The first-order chi connectivity index (χ1) is 7.08. The highest BCUT2D eigenvalue weighted by Crippen LogP contribution is 2.42. The van der Waals surface area contributed by atoms with Crippen molar-refractivity contribution in [3.05, 3.63) is 0 Å². The van der Waals surface area contributed by atoms with Crippen LogP contribution in [0.3, 0.4) is 0 Å². The van der Waals surface area contributed by atoms with E-state index in [2.05, 4.69) is 41.5 Å². The Hall–Kier alpha value is -0.0400. The molecule has 1 N–H and O–H groups in total. The fourth-order valence-electron chi connectivity index (χ4n) is 3.17. The molecular weight excluding hydrogens is 196 g/mol. The van der Waals surface area contributed by atoms with E-state index in [0.29, 0.717) is 22.7 Å². The van der Waals surface area contributed by atoms with Crippen LogP contribution in [0, 0.1) is 22.7 Å². The Bertz CT molecular complexity index is 195. The van der Waals surface area contributed by atoms with Crippen molar-refractivity contribution < 1.29 is 5.11 Å². The molecule has 1 aliphatic carbocycles. The second kappa shape index (κ2) is 4.68. The van der Waals surface area contributed by atoms with Gasteiger partial charge in [0, 0.05) is 0 Å². The van der Waals surface area contributed by atoms with Gasteiger partial charge in [-0.1, -0.05) is 41.5 Å². The van der Waals surface area contributed by atoms with Crippen LogP contribution in [0.2, 0.25) is 0 Å². The maximum absolute atomic E-state index is 10.4. The van der Waals surface area contributed by atoms with Gasteiger partial charge in [0.25, 0.3) is 0 Å². The van der Waals surface area contributed by atoms with Crippen LogP contribution in [0.15, 0.2) is 0 Å². The van der Waals surface area contributed by atoms with E-state index in [0.717, 1.165) is 12.8 Å². The third kappa shape index (κ3) is 4.45. The molecule has 1 fully saturated rings. The van der Waals surface area contributed by atoms with E-state index < -0.39 is 0 Å². The molecule has 2 atom stereocenters. The minimum Gasteiger partial charge on any atom is -0.393 e. The zero-order chi connectivity index (χ0) is 12.6. The third-order valence-corrected chi connectivity index (χ3v) is 3.62. The summed E-state index contributed by atoms with van der Waals surface area (Å²) in [5.41, 5.74) is 0.699. The monoisotopic (exact) mass is 226 g/mol. The smallest absolute Gasteiger partial charge is 0.0596 e. The van der Waals surface area contributed by atoms with Crippen molar-refractivity contribution in [3.63, 3.8) is 0 Å². The molecule has 0 saturated heterocycles. The summed E-state index contributed by atoms with van der Waals surface area (Å²) < 4.78 is 0. The lowest BCUT2D eigenvalue weighted by Gasteiger charge is -2.29. The lowest BCUT2D eigenvalue weighted by atomic mass is 9.79. The van der Waals surface area contributed by atoms with Crippen LogP contribution in [0.4, 0.5) is 0 Å². The highest BCUT2D eigenvalue weighted by molar-refractivity contribution is 4.88. The van der Waals surface area contributed by atoms with Crippen molar-refractivity contribution in [2.45, 2.75) is 73.3 Å². The molecule has 1 rings (SSSR count). The molecule has 1 aliphatic rings. The van der Waals surface area contributed by atoms with E-state index in [4.69, 9.17) is 0 Å². The quantitative estimate of drug-likeness (QED) is 0.746. The normalized spacial score (nSPS) is 32.1. The number of hydrogen-bond donors (Lipinski definition) is 1. The van der Waals surface area contributed by atoms with Gasteiger partial charge in [-0.3, -0.25) is 0 Å². The highest BCUT2D eigenvalue weighted by Gasteiger charge is 2.38. The van der Waals surface area contributed by atoms with Crippen LogP contribution in [-0.2, 0) is 0 Å². The van der Waals surface area contributed by atoms with Crippen LogP contribution in [-0.4, -0.2) is 11.2 Å². The van der Waals surface area contributed by atoms with E-state index in [9.17, 15) is 5.11 Å². The summed E-state index contributed by atoms with van der Waals surface area (Å²) in [6.45, 7) is 13.6. The molecule has 0 heterocycles. The van der Waals surface area contributed by atoms with Crippen LogP contribution in [0.1, 0.15) is 67.2 Å². The molecule has 0 amide bonds. The predicted octanol–water partition coefficient (Wildman–Crippen LogP) is 4.25. The fourth-order valence-corrected chi connectivity index (χ4v) is 3.17. The van der Waals surface area contributed by atoms with Crippen molar-refractivity contribution in [1.29, 1.82) is 0 Å². The third-order valence-electron chi connectivity index (χ3n) is 3.62. The Morgan fingerprint density at radius 3 is 1.38 bits per heavy atom. The highest BCUT2D eigenvalue weighted by atomic mass is 16.3. The number of aliphatic hydroxyl groups is 1. The summed E-state index contributed by atoms with van der Waals surface area (Å²) in [6.07, 6.45) is 4.71. The van der Waals surface area contributed by atoms with Gasteiger partial charge in [0.2, 0.25) is 0 Å². The van der Waals surface area contributed by atoms with E-state index in [1.165, 1.54) is 12.8 Å². The van der Waals surface area contributed by atoms with Gasteiger partial charge in [0.1, 0.15) is 0 Å². The lowest BCUT2D eigenvalue weighted by molar-refractivity contribution is 0.0561. The molecule has 0 aliphatic heterocycles. The summed E-state index contributed by atoms with van der Waals surface area (Å²) in [5, 5.41) is 10.4. The lowest BCUT2D eigenvalue weighted by Crippen LogP contribution is -2.27. The predicted molar refractivity (Wildman–Crippen MR) is 70.4 cm³/mol. The molecular formula is C15H30O. The first kappa shape index (κ1) is 14.0. The molecule has 0 spiro atoms. The van der Waals surface area contributed by atoms with Crippen LogP contribution < -0.4 is 0 Å². The van der Waals surface area contributed by atoms with E-state index in [1.54, 1.807) is 0 Å². The van der Waals surface area contributed by atoms with Gasteiger partial charge in [-0.05, 0) is 48.3 Å². The molecule has 16 heavy (non-hydrogen) atoms. The summed E-state index contributed by atoms with van der Waals surface area (Å²) in [7, 11) is 0. The average Bonchev–Trinajstić information content (AvgIpc) is 2.30. The fraction of sp³-hybridized carbons (Fsp3) is 1.00. The van der Waals surface area contributed by atoms with Crippen molar-refractivity contribution in [1.82, 2.24) is 0 Å². The Kier molecular flexibility index (Phi) is 4.10. The summed E-state index contributed by atoms with van der Waals surface area (Å²) in [6, 6.07) is 0. The minimum absolute atomic E-state index is 0.0570. The first-order valence-electron chi connectivity index (χ1n) is 6.76. The molecule has 1 nitrogen and oxygen atoms in total. The molecule has 0 aromatic rings. The van der Waals surface area contributed by atoms with Crippen molar-refractivity contribution in [3.8, 4) is 0 Å². The van der Waals surface area contributed by atoms with Gasteiger partial charge in [0.05, 0.1) is 6.10 Å². The molecule has 1 saturated carbocycles. The molecule has 0 bridgehead atoms. The number of aliphatic hydroxyl groups excluding tert-OH is 1. The van der Waals surface area contributed by atoms with Crippen molar-refractivity contribution >= 4 is 0 Å². The maximum Gasteiger partial charge on any atom is 0.0596 e. The Labute approximate surface area is 102 Å². The largest absolute Gasteiger partial charge is 0.393 e. The topological polar surface area (TPSA) is 20.2 Å².